The van der Waals surface area contributed by atoms with Crippen LogP contribution in [0.2, 0.25) is 0 Å². The lowest BCUT2D eigenvalue weighted by Gasteiger charge is -2.12. The zero-order chi connectivity index (χ0) is 34.2. The van der Waals surface area contributed by atoms with Crippen LogP contribution in [0, 0.1) is 0 Å². The molecule has 11 rings (SSSR count). The van der Waals surface area contributed by atoms with Crippen LogP contribution in [0.5, 0.6) is 0 Å². The van der Waals surface area contributed by atoms with Gasteiger partial charge in [0.25, 0.3) is 0 Å². The number of hydrogen-bond donors (Lipinski definition) is 0. The maximum Gasteiger partial charge on any atom is 0.164 e. The minimum atomic E-state index is 0.633. The van der Waals surface area contributed by atoms with Gasteiger partial charge < -0.3 is 4.57 Å². The van der Waals surface area contributed by atoms with Gasteiger partial charge in [0.1, 0.15) is 5.65 Å². The van der Waals surface area contributed by atoms with Crippen molar-refractivity contribution in [2.75, 3.05) is 0 Å². The minimum absolute atomic E-state index is 0.633. The summed E-state index contributed by atoms with van der Waals surface area (Å²) in [6.07, 6.45) is 0. The average Bonchev–Trinajstić information content (AvgIpc) is 3.77. The molecule has 0 spiro atoms. The minimum Gasteiger partial charge on any atom is -0.309 e. The second-order valence-electron chi connectivity index (χ2n) is 13.1. The van der Waals surface area contributed by atoms with Crippen LogP contribution in [0.4, 0.5) is 0 Å². The van der Waals surface area contributed by atoms with Crippen molar-refractivity contribution in [1.29, 1.82) is 0 Å². The van der Waals surface area contributed by atoms with E-state index in [2.05, 4.69) is 118 Å². The summed E-state index contributed by atoms with van der Waals surface area (Å²) in [4.78, 5) is 19.9. The van der Waals surface area contributed by atoms with E-state index in [1.54, 1.807) is 0 Å². The van der Waals surface area contributed by atoms with Crippen molar-refractivity contribution >= 4 is 60.2 Å². The molecule has 0 unspecified atom stereocenters. The Bertz CT molecular complexity index is 3100. The first-order valence-electron chi connectivity index (χ1n) is 17.4. The van der Waals surface area contributed by atoms with Crippen LogP contribution in [0.15, 0.2) is 170 Å². The quantitative estimate of drug-likeness (QED) is 0.176. The summed E-state index contributed by atoms with van der Waals surface area (Å²) in [6, 6.07) is 59.1. The largest absolute Gasteiger partial charge is 0.309 e. The number of nitrogens with zero attached hydrogens (tertiary/aromatic N) is 6. The van der Waals surface area contributed by atoms with Gasteiger partial charge in [-0.25, -0.2) is 19.9 Å². The first-order chi connectivity index (χ1) is 25.8. The van der Waals surface area contributed by atoms with Crippen molar-refractivity contribution in [2.45, 2.75) is 0 Å². The monoisotopic (exact) mass is 664 g/mol. The van der Waals surface area contributed by atoms with Crippen molar-refractivity contribution in [3.8, 4) is 39.9 Å². The Hall–Kier alpha value is -7.18. The van der Waals surface area contributed by atoms with Crippen LogP contribution < -0.4 is 0 Å². The summed E-state index contributed by atoms with van der Waals surface area (Å²) in [5.74, 6) is 1.93. The summed E-state index contributed by atoms with van der Waals surface area (Å²) in [6.45, 7) is 0. The molecule has 0 N–H and O–H groups in total. The molecule has 7 aromatic carbocycles. The van der Waals surface area contributed by atoms with Crippen LogP contribution >= 0.6 is 0 Å². The van der Waals surface area contributed by atoms with E-state index in [9.17, 15) is 0 Å². The molecule has 6 nitrogen and oxygen atoms in total. The Kier molecular flexibility index (Phi) is 6.15. The van der Waals surface area contributed by atoms with E-state index in [1.165, 1.54) is 21.5 Å². The summed E-state index contributed by atoms with van der Waals surface area (Å²) in [5.41, 5.74) is 10.3. The van der Waals surface area contributed by atoms with Crippen molar-refractivity contribution in [1.82, 2.24) is 28.9 Å². The molecule has 0 fully saturated rings. The number of imidazole rings is 1. The van der Waals surface area contributed by atoms with Crippen molar-refractivity contribution in [3.63, 3.8) is 0 Å². The second-order valence-corrected chi connectivity index (χ2v) is 13.1. The topological polar surface area (TPSA) is 60.9 Å². The number of aromatic nitrogens is 6. The third kappa shape index (κ3) is 4.31. The van der Waals surface area contributed by atoms with E-state index in [0.717, 1.165) is 61.0 Å². The Morgan fingerprint density at radius 2 is 0.846 bits per heavy atom. The first kappa shape index (κ1) is 28.6. The molecule has 242 valence electrons. The molecule has 4 heterocycles. The standard InChI is InChI=1S/C46H28N6/c1-3-13-29(14-4-1)43-48-44(30-15-5-2-6-16-30)50-45(49-43)31-23-25-32(26-24-31)51-39-21-11-9-18-34(39)37-27-36-33-17-7-8-19-35(33)46-47-38-20-10-12-22-40(38)52(46)42(36)28-41(37)51/h1-28H. The van der Waals surface area contributed by atoms with Gasteiger partial charge in [-0.15, -0.1) is 0 Å². The average molecular weight is 665 g/mol. The molecule has 11 aromatic rings. The molecule has 6 heteroatoms. The summed E-state index contributed by atoms with van der Waals surface area (Å²) < 4.78 is 4.69. The summed E-state index contributed by atoms with van der Waals surface area (Å²) in [7, 11) is 0. The van der Waals surface area contributed by atoms with Crippen LogP contribution in [-0.2, 0) is 0 Å². The number of benzene rings is 7. The van der Waals surface area contributed by atoms with Gasteiger partial charge in [-0.05, 0) is 60.0 Å². The smallest absolute Gasteiger partial charge is 0.164 e. The lowest BCUT2D eigenvalue weighted by Crippen LogP contribution is -2.00. The predicted octanol–water partition coefficient (Wildman–Crippen LogP) is 11.1. The molecule has 0 aliphatic heterocycles. The van der Waals surface area contributed by atoms with E-state index in [4.69, 9.17) is 19.9 Å². The van der Waals surface area contributed by atoms with Crippen LogP contribution in [0.1, 0.15) is 0 Å². The molecule has 0 saturated carbocycles. The van der Waals surface area contributed by atoms with Gasteiger partial charge >= 0.3 is 0 Å². The fraction of sp³-hybridized carbons (Fsp3) is 0. The zero-order valence-electron chi connectivity index (χ0n) is 27.8. The lowest BCUT2D eigenvalue weighted by molar-refractivity contribution is 1.07. The molecule has 52 heavy (non-hydrogen) atoms. The molecule has 4 aromatic heterocycles. The van der Waals surface area contributed by atoms with E-state index in [-0.39, 0.29) is 0 Å². The van der Waals surface area contributed by atoms with Crippen LogP contribution in [0.3, 0.4) is 0 Å². The first-order valence-corrected chi connectivity index (χ1v) is 17.4. The van der Waals surface area contributed by atoms with E-state index >= 15 is 0 Å². The maximum absolute atomic E-state index is 5.13. The molecular weight excluding hydrogens is 637 g/mol. The van der Waals surface area contributed by atoms with Gasteiger partial charge in [0.15, 0.2) is 17.5 Å². The number of para-hydroxylation sites is 3. The van der Waals surface area contributed by atoms with E-state index in [0.29, 0.717) is 17.5 Å². The molecule has 0 amide bonds. The molecule has 0 saturated heterocycles. The zero-order valence-corrected chi connectivity index (χ0v) is 27.8. The normalized spacial score (nSPS) is 11.8. The molecule has 0 aliphatic carbocycles. The lowest BCUT2D eigenvalue weighted by atomic mass is 10.0. The van der Waals surface area contributed by atoms with E-state index in [1.807, 2.05) is 60.7 Å². The molecule has 0 radical (unpaired) electrons. The van der Waals surface area contributed by atoms with Gasteiger partial charge in [0.05, 0.1) is 27.6 Å². The number of hydrogen-bond acceptors (Lipinski definition) is 4. The Morgan fingerprint density at radius 3 is 1.52 bits per heavy atom. The number of rotatable bonds is 4. The fourth-order valence-corrected chi connectivity index (χ4v) is 7.74. The second kappa shape index (κ2) is 11.2. The van der Waals surface area contributed by atoms with Crippen molar-refractivity contribution < 1.29 is 0 Å². The van der Waals surface area contributed by atoms with Crippen molar-refractivity contribution in [3.05, 3.63) is 170 Å². The molecule has 0 aliphatic rings. The van der Waals surface area contributed by atoms with Gasteiger partial charge in [-0.2, -0.15) is 0 Å². The maximum atomic E-state index is 5.13. The third-order valence-corrected chi connectivity index (χ3v) is 10.1. The summed E-state index contributed by atoms with van der Waals surface area (Å²) in [5, 5.41) is 5.97. The highest BCUT2D eigenvalue weighted by molar-refractivity contribution is 6.20. The Labute approximate surface area is 297 Å². The highest BCUT2D eigenvalue weighted by Crippen LogP contribution is 2.39. The number of fused-ring (bicyclic) bond motifs is 11. The van der Waals surface area contributed by atoms with Gasteiger partial charge in [-0.3, -0.25) is 4.40 Å². The van der Waals surface area contributed by atoms with Crippen LogP contribution in [-0.4, -0.2) is 28.9 Å². The SMILES string of the molecule is c1ccc(-c2nc(-c3ccccc3)nc(-c3ccc(-n4c5ccccc5c5cc6c7ccccc7c7nc8ccccc8n7c6cc54)cc3)n2)cc1. The van der Waals surface area contributed by atoms with E-state index < -0.39 is 0 Å². The van der Waals surface area contributed by atoms with Gasteiger partial charge in [0.2, 0.25) is 0 Å². The summed E-state index contributed by atoms with van der Waals surface area (Å²) >= 11 is 0. The van der Waals surface area contributed by atoms with Crippen molar-refractivity contribution in [2.24, 2.45) is 0 Å². The van der Waals surface area contributed by atoms with Gasteiger partial charge in [-0.1, -0.05) is 115 Å². The molecular formula is C46H28N6. The third-order valence-electron chi connectivity index (χ3n) is 10.1. The Balaban J connectivity index is 1.14. The predicted molar refractivity (Wildman–Crippen MR) is 212 cm³/mol. The Morgan fingerprint density at radius 1 is 0.327 bits per heavy atom. The fourth-order valence-electron chi connectivity index (χ4n) is 7.74. The molecule has 0 atom stereocenters. The van der Waals surface area contributed by atoms with Gasteiger partial charge in [0, 0.05) is 43.9 Å². The number of pyridine rings is 1. The highest BCUT2D eigenvalue weighted by Gasteiger charge is 2.19. The molecule has 0 bridgehead atoms. The van der Waals surface area contributed by atoms with Crippen LogP contribution in [0.25, 0.3) is 100 Å². The highest BCUT2D eigenvalue weighted by atomic mass is 15.0.